The Labute approximate surface area is 182 Å². The van der Waals surface area contributed by atoms with Gasteiger partial charge in [0.05, 0.1) is 5.39 Å². The molecule has 158 valence electrons. The predicted molar refractivity (Wildman–Crippen MR) is 120 cm³/mol. The molecular weight excluding hydrogens is 406 g/mol. The highest BCUT2D eigenvalue weighted by Crippen LogP contribution is 2.29. The van der Waals surface area contributed by atoms with Gasteiger partial charge in [-0.1, -0.05) is 53.7 Å². The lowest BCUT2D eigenvalue weighted by atomic mass is 10.0. The summed E-state index contributed by atoms with van der Waals surface area (Å²) >= 11 is 0. The SMILES string of the molecule is O=C(NC(Cc1c[nH]c2ccccc12)C(=O)O)c1ccc2noc(-c3ccccc3)c2c1. The van der Waals surface area contributed by atoms with E-state index in [0.29, 0.717) is 22.2 Å². The van der Waals surface area contributed by atoms with Crippen LogP contribution in [0.15, 0.2) is 83.5 Å². The van der Waals surface area contributed by atoms with Crippen LogP contribution >= 0.6 is 0 Å². The van der Waals surface area contributed by atoms with E-state index in [1.807, 2.05) is 54.6 Å². The number of aliphatic carboxylic acids is 1. The molecule has 5 aromatic rings. The number of nitrogens with zero attached hydrogens (tertiary/aromatic N) is 1. The number of benzene rings is 3. The number of carboxylic acid groups (broad SMARTS) is 1. The van der Waals surface area contributed by atoms with E-state index in [-0.39, 0.29) is 6.42 Å². The second kappa shape index (κ2) is 8.03. The molecule has 1 atom stereocenters. The molecule has 32 heavy (non-hydrogen) atoms. The lowest BCUT2D eigenvalue weighted by molar-refractivity contribution is -0.139. The number of hydrogen-bond donors (Lipinski definition) is 3. The van der Waals surface area contributed by atoms with E-state index >= 15 is 0 Å². The highest BCUT2D eigenvalue weighted by molar-refractivity contribution is 6.02. The number of nitrogens with one attached hydrogen (secondary N) is 2. The molecule has 2 heterocycles. The molecule has 5 rings (SSSR count). The molecule has 0 bridgehead atoms. The summed E-state index contributed by atoms with van der Waals surface area (Å²) in [5.41, 5.74) is 3.55. The lowest BCUT2D eigenvalue weighted by Crippen LogP contribution is -2.42. The summed E-state index contributed by atoms with van der Waals surface area (Å²) < 4.78 is 5.49. The maximum atomic E-state index is 12.9. The van der Waals surface area contributed by atoms with Crippen molar-refractivity contribution in [3.05, 3.63) is 90.1 Å². The van der Waals surface area contributed by atoms with Gasteiger partial charge in [-0.15, -0.1) is 0 Å². The van der Waals surface area contributed by atoms with E-state index in [9.17, 15) is 14.7 Å². The van der Waals surface area contributed by atoms with Crippen LogP contribution in [0.3, 0.4) is 0 Å². The lowest BCUT2D eigenvalue weighted by Gasteiger charge is -2.14. The third-order valence-electron chi connectivity index (χ3n) is 5.48. The van der Waals surface area contributed by atoms with Crippen LogP contribution in [-0.4, -0.2) is 33.2 Å². The number of fused-ring (bicyclic) bond motifs is 2. The van der Waals surface area contributed by atoms with Gasteiger partial charge in [0.1, 0.15) is 11.6 Å². The van der Waals surface area contributed by atoms with Crippen LogP contribution < -0.4 is 5.32 Å². The van der Waals surface area contributed by atoms with E-state index < -0.39 is 17.9 Å². The highest BCUT2D eigenvalue weighted by Gasteiger charge is 2.23. The Kier molecular flexibility index (Phi) is 4.91. The maximum Gasteiger partial charge on any atom is 0.326 e. The number of amides is 1. The molecule has 0 radical (unpaired) electrons. The average molecular weight is 425 g/mol. The van der Waals surface area contributed by atoms with Gasteiger partial charge >= 0.3 is 5.97 Å². The largest absolute Gasteiger partial charge is 0.480 e. The van der Waals surface area contributed by atoms with Gasteiger partial charge < -0.3 is 19.9 Å². The highest BCUT2D eigenvalue weighted by atomic mass is 16.5. The van der Waals surface area contributed by atoms with Crippen molar-refractivity contribution in [2.45, 2.75) is 12.5 Å². The zero-order chi connectivity index (χ0) is 22.1. The predicted octanol–water partition coefficient (Wildman–Crippen LogP) is 4.40. The topological polar surface area (TPSA) is 108 Å². The van der Waals surface area contributed by atoms with E-state index in [0.717, 1.165) is 22.0 Å². The van der Waals surface area contributed by atoms with Crippen LogP contribution in [0.4, 0.5) is 0 Å². The van der Waals surface area contributed by atoms with Gasteiger partial charge in [-0.25, -0.2) is 4.79 Å². The normalized spacial score (nSPS) is 12.1. The number of H-pyrrole nitrogens is 1. The Balaban J connectivity index is 1.42. The molecule has 0 aliphatic carbocycles. The Morgan fingerprint density at radius 2 is 1.78 bits per heavy atom. The van der Waals surface area contributed by atoms with Crippen molar-refractivity contribution in [1.29, 1.82) is 0 Å². The first kappa shape index (κ1) is 19.6. The number of rotatable bonds is 6. The minimum Gasteiger partial charge on any atom is -0.480 e. The molecule has 1 amide bonds. The van der Waals surface area contributed by atoms with E-state index in [4.69, 9.17) is 4.52 Å². The molecule has 2 aromatic heterocycles. The molecule has 7 heteroatoms. The van der Waals surface area contributed by atoms with Gasteiger partial charge in [-0.2, -0.15) is 0 Å². The van der Waals surface area contributed by atoms with E-state index in [2.05, 4.69) is 15.5 Å². The van der Waals surface area contributed by atoms with Crippen LogP contribution in [0.25, 0.3) is 33.1 Å². The Morgan fingerprint density at radius 1 is 1.00 bits per heavy atom. The van der Waals surface area contributed by atoms with E-state index in [1.165, 1.54) is 0 Å². The Hall–Kier alpha value is -4.39. The number of hydrogen-bond acceptors (Lipinski definition) is 4. The molecule has 0 fully saturated rings. The van der Waals surface area contributed by atoms with Gasteiger partial charge in [-0.05, 0) is 29.8 Å². The molecular formula is C25H19N3O4. The molecule has 0 saturated heterocycles. The van der Waals surface area contributed by atoms with Crippen molar-refractivity contribution < 1.29 is 19.2 Å². The van der Waals surface area contributed by atoms with E-state index in [1.54, 1.807) is 24.4 Å². The first-order valence-electron chi connectivity index (χ1n) is 10.1. The Morgan fingerprint density at radius 3 is 2.59 bits per heavy atom. The molecule has 7 nitrogen and oxygen atoms in total. The molecule has 0 aliphatic rings. The number of aromatic nitrogens is 2. The van der Waals surface area contributed by atoms with Crippen LogP contribution in [0.2, 0.25) is 0 Å². The second-order valence-electron chi connectivity index (χ2n) is 7.54. The fourth-order valence-corrected chi connectivity index (χ4v) is 3.84. The zero-order valence-electron chi connectivity index (χ0n) is 16.9. The molecule has 0 spiro atoms. The molecule has 1 unspecified atom stereocenters. The molecule has 0 saturated carbocycles. The number of carbonyl (C=O) groups excluding carboxylic acids is 1. The van der Waals surface area contributed by atoms with Gasteiger partial charge in [0.2, 0.25) is 0 Å². The fraction of sp³-hybridized carbons (Fsp3) is 0.0800. The third kappa shape index (κ3) is 3.60. The van der Waals surface area contributed by atoms with Crippen LogP contribution in [-0.2, 0) is 11.2 Å². The first-order valence-corrected chi connectivity index (χ1v) is 10.1. The number of para-hydroxylation sites is 1. The fourth-order valence-electron chi connectivity index (χ4n) is 3.84. The molecule has 3 N–H and O–H groups in total. The summed E-state index contributed by atoms with van der Waals surface area (Å²) in [7, 11) is 0. The summed E-state index contributed by atoms with van der Waals surface area (Å²) in [6, 6.07) is 21.0. The number of aromatic amines is 1. The first-order chi connectivity index (χ1) is 15.6. The summed E-state index contributed by atoms with van der Waals surface area (Å²) in [6.07, 6.45) is 1.94. The minimum absolute atomic E-state index is 0.163. The van der Waals surface area contributed by atoms with Gasteiger partial charge in [0.15, 0.2) is 5.76 Å². The van der Waals surface area contributed by atoms with Crippen molar-refractivity contribution in [3.63, 3.8) is 0 Å². The van der Waals surface area contributed by atoms with Gasteiger partial charge in [0, 0.05) is 34.6 Å². The maximum absolute atomic E-state index is 12.9. The standard InChI is InChI=1S/C25H19N3O4/c29-24(27-22(25(30)31)13-17-14-26-20-9-5-4-8-18(17)20)16-10-11-21-19(12-16)23(32-28-21)15-6-2-1-3-7-15/h1-12,14,22,26H,13H2,(H,27,29)(H,30,31). The van der Waals surface area contributed by atoms with Crippen molar-refractivity contribution in [2.24, 2.45) is 0 Å². The van der Waals surface area contributed by atoms with Gasteiger partial charge in [0.25, 0.3) is 5.91 Å². The minimum atomic E-state index is -1.10. The molecule has 3 aromatic carbocycles. The summed E-state index contributed by atoms with van der Waals surface area (Å²) in [4.78, 5) is 28.0. The third-order valence-corrected chi connectivity index (χ3v) is 5.48. The quantitative estimate of drug-likeness (QED) is 0.374. The summed E-state index contributed by atoms with van der Waals surface area (Å²) in [5.74, 6) is -1.01. The van der Waals surface area contributed by atoms with Crippen molar-refractivity contribution in [1.82, 2.24) is 15.5 Å². The van der Waals surface area contributed by atoms with Gasteiger partial charge in [-0.3, -0.25) is 4.79 Å². The van der Waals surface area contributed by atoms with Crippen LogP contribution in [0.1, 0.15) is 15.9 Å². The summed E-state index contributed by atoms with van der Waals surface area (Å²) in [5, 5.41) is 18.1. The summed E-state index contributed by atoms with van der Waals surface area (Å²) in [6.45, 7) is 0. The number of carbonyl (C=O) groups is 2. The smallest absolute Gasteiger partial charge is 0.326 e. The van der Waals surface area contributed by atoms with Crippen molar-refractivity contribution >= 4 is 33.7 Å². The molecule has 0 aliphatic heterocycles. The van der Waals surface area contributed by atoms with Crippen LogP contribution in [0, 0.1) is 0 Å². The zero-order valence-corrected chi connectivity index (χ0v) is 16.9. The van der Waals surface area contributed by atoms with Crippen molar-refractivity contribution in [2.75, 3.05) is 0 Å². The van der Waals surface area contributed by atoms with Crippen LogP contribution in [0.5, 0.6) is 0 Å². The Bertz CT molecular complexity index is 1440. The monoisotopic (exact) mass is 425 g/mol. The second-order valence-corrected chi connectivity index (χ2v) is 7.54. The average Bonchev–Trinajstić information content (AvgIpc) is 3.43. The number of carboxylic acids is 1. The van der Waals surface area contributed by atoms with Crippen molar-refractivity contribution in [3.8, 4) is 11.3 Å².